The van der Waals surface area contributed by atoms with E-state index < -0.39 is 0 Å². The Morgan fingerprint density at radius 3 is 2.38 bits per heavy atom. The molecule has 1 aromatic carbocycles. The highest BCUT2D eigenvalue weighted by Crippen LogP contribution is 2.19. The highest BCUT2D eigenvalue weighted by molar-refractivity contribution is 5.24. The third-order valence-electron chi connectivity index (χ3n) is 4.57. The van der Waals surface area contributed by atoms with Gasteiger partial charge in [-0.1, -0.05) is 52.0 Å². The summed E-state index contributed by atoms with van der Waals surface area (Å²) in [6.45, 7) is 14.8. The zero-order chi connectivity index (χ0) is 15.4. The lowest BCUT2D eigenvalue weighted by Crippen LogP contribution is -2.55. The molecule has 0 aliphatic carbocycles. The maximum Gasteiger partial charge on any atom is 0.0237 e. The smallest absolute Gasteiger partial charge is 0.0237 e. The zero-order valence-electron chi connectivity index (χ0n) is 14.4. The van der Waals surface area contributed by atoms with Crippen LogP contribution in [0.5, 0.6) is 0 Å². The van der Waals surface area contributed by atoms with Gasteiger partial charge in [-0.15, -0.1) is 0 Å². The fourth-order valence-corrected chi connectivity index (χ4v) is 3.18. The summed E-state index contributed by atoms with van der Waals surface area (Å²) in [5.41, 5.74) is 2.88. The normalized spacial score (nSPS) is 24.0. The van der Waals surface area contributed by atoms with Crippen molar-refractivity contribution < 1.29 is 0 Å². The highest BCUT2D eigenvalue weighted by Gasteiger charge is 2.25. The quantitative estimate of drug-likeness (QED) is 0.880. The van der Waals surface area contributed by atoms with Gasteiger partial charge in [0.1, 0.15) is 0 Å². The standard InChI is InChI=1S/C19H32N2/c1-14(2)10-19-13-21(16(5)11-20-19)12-17-6-8-18(9-7-17)15(3)4/h6-9,14-16,19-20H,10-13H2,1-5H3. The number of hydrogen-bond acceptors (Lipinski definition) is 2. The first-order chi connectivity index (χ1) is 9.95. The summed E-state index contributed by atoms with van der Waals surface area (Å²) in [7, 11) is 0. The van der Waals surface area contributed by atoms with E-state index in [9.17, 15) is 0 Å². The van der Waals surface area contributed by atoms with E-state index in [2.05, 4.69) is 69.1 Å². The first kappa shape index (κ1) is 16.5. The lowest BCUT2D eigenvalue weighted by atomic mass is 9.99. The molecule has 1 fully saturated rings. The minimum atomic E-state index is 0.618. The van der Waals surface area contributed by atoms with E-state index in [1.165, 1.54) is 24.1 Å². The third kappa shape index (κ3) is 4.82. The van der Waals surface area contributed by atoms with Crippen LogP contribution in [0.4, 0.5) is 0 Å². The fourth-order valence-electron chi connectivity index (χ4n) is 3.18. The summed E-state index contributed by atoms with van der Waals surface area (Å²) in [6.07, 6.45) is 1.27. The van der Waals surface area contributed by atoms with Crippen LogP contribution < -0.4 is 5.32 Å². The zero-order valence-corrected chi connectivity index (χ0v) is 14.4. The van der Waals surface area contributed by atoms with Crippen LogP contribution in [0.2, 0.25) is 0 Å². The summed E-state index contributed by atoms with van der Waals surface area (Å²) in [5, 5.41) is 3.70. The molecule has 118 valence electrons. The van der Waals surface area contributed by atoms with E-state index >= 15 is 0 Å². The van der Waals surface area contributed by atoms with Crippen LogP contribution in [0.15, 0.2) is 24.3 Å². The van der Waals surface area contributed by atoms with E-state index in [-0.39, 0.29) is 0 Å². The van der Waals surface area contributed by atoms with Crippen molar-refractivity contribution in [3.8, 4) is 0 Å². The van der Waals surface area contributed by atoms with Gasteiger partial charge in [-0.2, -0.15) is 0 Å². The maximum atomic E-state index is 3.70. The molecule has 2 unspecified atom stereocenters. The van der Waals surface area contributed by atoms with E-state index in [1.807, 2.05) is 0 Å². The van der Waals surface area contributed by atoms with Crippen molar-refractivity contribution in [3.63, 3.8) is 0 Å². The van der Waals surface area contributed by atoms with Crippen molar-refractivity contribution in [2.24, 2.45) is 5.92 Å². The van der Waals surface area contributed by atoms with E-state index in [1.54, 1.807) is 0 Å². The van der Waals surface area contributed by atoms with Crippen LogP contribution in [-0.4, -0.2) is 30.1 Å². The van der Waals surface area contributed by atoms with Gasteiger partial charge in [0.2, 0.25) is 0 Å². The van der Waals surface area contributed by atoms with Gasteiger partial charge in [0.25, 0.3) is 0 Å². The summed E-state index contributed by atoms with van der Waals surface area (Å²) in [5.74, 6) is 1.38. The molecule has 0 amide bonds. The molecular weight excluding hydrogens is 256 g/mol. The Hall–Kier alpha value is -0.860. The van der Waals surface area contributed by atoms with Crippen LogP contribution >= 0.6 is 0 Å². The van der Waals surface area contributed by atoms with Crippen molar-refractivity contribution in [3.05, 3.63) is 35.4 Å². The Morgan fingerprint density at radius 2 is 1.81 bits per heavy atom. The maximum absolute atomic E-state index is 3.70. The first-order valence-electron chi connectivity index (χ1n) is 8.52. The second-order valence-electron chi connectivity index (χ2n) is 7.41. The van der Waals surface area contributed by atoms with E-state index in [0.29, 0.717) is 18.0 Å². The van der Waals surface area contributed by atoms with Gasteiger partial charge in [0.05, 0.1) is 0 Å². The second-order valence-corrected chi connectivity index (χ2v) is 7.41. The number of hydrogen-bond donors (Lipinski definition) is 1. The second kappa shape index (κ2) is 7.42. The SMILES string of the molecule is CC(C)CC1CN(Cc2ccc(C(C)C)cc2)C(C)CN1. The number of piperazine rings is 1. The number of rotatable bonds is 5. The molecule has 0 bridgehead atoms. The highest BCUT2D eigenvalue weighted by atomic mass is 15.2. The summed E-state index contributed by atoms with van der Waals surface area (Å²) in [6, 6.07) is 10.5. The van der Waals surface area contributed by atoms with Crippen LogP contribution in [0.3, 0.4) is 0 Å². The summed E-state index contributed by atoms with van der Waals surface area (Å²) in [4.78, 5) is 2.63. The predicted octanol–water partition coefficient (Wildman–Crippen LogP) is 4.02. The molecule has 21 heavy (non-hydrogen) atoms. The average molecular weight is 288 g/mol. The Bertz CT molecular complexity index is 422. The average Bonchev–Trinajstić information content (AvgIpc) is 2.42. The minimum Gasteiger partial charge on any atom is -0.311 e. The van der Waals surface area contributed by atoms with Gasteiger partial charge in [0, 0.05) is 31.7 Å². The third-order valence-corrected chi connectivity index (χ3v) is 4.57. The molecule has 1 heterocycles. The van der Waals surface area contributed by atoms with E-state index in [4.69, 9.17) is 0 Å². The van der Waals surface area contributed by atoms with Gasteiger partial charge in [0.15, 0.2) is 0 Å². The van der Waals surface area contributed by atoms with Gasteiger partial charge < -0.3 is 5.32 Å². The molecule has 1 saturated heterocycles. The molecule has 2 atom stereocenters. The fraction of sp³-hybridized carbons (Fsp3) is 0.684. The van der Waals surface area contributed by atoms with Crippen LogP contribution in [0.25, 0.3) is 0 Å². The van der Waals surface area contributed by atoms with Crippen molar-refractivity contribution in [2.75, 3.05) is 13.1 Å². The first-order valence-corrected chi connectivity index (χ1v) is 8.52. The molecule has 0 aromatic heterocycles. The lowest BCUT2D eigenvalue weighted by molar-refractivity contribution is 0.125. The lowest BCUT2D eigenvalue weighted by Gasteiger charge is -2.39. The van der Waals surface area contributed by atoms with Crippen LogP contribution in [0, 0.1) is 5.92 Å². The molecule has 1 aromatic rings. The monoisotopic (exact) mass is 288 g/mol. The number of benzene rings is 1. The van der Waals surface area contributed by atoms with Gasteiger partial charge in [-0.05, 0) is 36.3 Å². The molecule has 1 N–H and O–H groups in total. The molecule has 0 spiro atoms. The van der Waals surface area contributed by atoms with Crippen molar-refractivity contribution in [1.82, 2.24) is 10.2 Å². The van der Waals surface area contributed by atoms with Crippen LogP contribution in [-0.2, 0) is 6.54 Å². The summed E-state index contributed by atoms with van der Waals surface area (Å²) >= 11 is 0. The van der Waals surface area contributed by atoms with Gasteiger partial charge >= 0.3 is 0 Å². The molecule has 2 nitrogen and oxygen atoms in total. The van der Waals surface area contributed by atoms with Gasteiger partial charge in [-0.25, -0.2) is 0 Å². The Balaban J connectivity index is 1.96. The van der Waals surface area contributed by atoms with Crippen molar-refractivity contribution in [1.29, 1.82) is 0 Å². The van der Waals surface area contributed by atoms with Crippen LogP contribution in [0.1, 0.15) is 58.1 Å². The Morgan fingerprint density at radius 1 is 1.14 bits per heavy atom. The van der Waals surface area contributed by atoms with Gasteiger partial charge in [-0.3, -0.25) is 4.90 Å². The van der Waals surface area contributed by atoms with Crippen molar-refractivity contribution >= 4 is 0 Å². The molecule has 2 heteroatoms. The topological polar surface area (TPSA) is 15.3 Å². The predicted molar refractivity (Wildman–Crippen MR) is 91.6 cm³/mol. The van der Waals surface area contributed by atoms with Crippen molar-refractivity contribution in [2.45, 2.75) is 65.6 Å². The molecule has 0 saturated carbocycles. The van der Waals surface area contributed by atoms with E-state index in [0.717, 1.165) is 19.0 Å². The number of nitrogens with zero attached hydrogens (tertiary/aromatic N) is 1. The molecular formula is C19H32N2. The summed E-state index contributed by atoms with van der Waals surface area (Å²) < 4.78 is 0. The number of nitrogens with one attached hydrogen (secondary N) is 1. The Labute approximate surface area is 130 Å². The molecule has 1 aliphatic rings. The minimum absolute atomic E-state index is 0.618. The largest absolute Gasteiger partial charge is 0.311 e. The molecule has 0 radical (unpaired) electrons. The molecule has 1 aliphatic heterocycles. The molecule has 2 rings (SSSR count). The Kier molecular flexibility index (Phi) is 5.83.